The van der Waals surface area contributed by atoms with Crippen LogP contribution in [0.1, 0.15) is 36.7 Å². The van der Waals surface area contributed by atoms with Gasteiger partial charge in [-0.3, -0.25) is 14.7 Å². The summed E-state index contributed by atoms with van der Waals surface area (Å²) in [6.45, 7) is 1.89. The molecule has 0 saturated carbocycles. The fourth-order valence-corrected chi connectivity index (χ4v) is 1.25. The number of aliphatic carboxylic acids is 1. The third-order valence-electron chi connectivity index (χ3n) is 2.19. The van der Waals surface area contributed by atoms with E-state index in [1.807, 2.05) is 6.92 Å². The molecule has 16 heavy (non-hydrogen) atoms. The highest BCUT2D eigenvalue weighted by Crippen LogP contribution is 2.03. The van der Waals surface area contributed by atoms with Gasteiger partial charge in [-0.05, 0) is 12.8 Å². The van der Waals surface area contributed by atoms with Crippen molar-refractivity contribution in [3.8, 4) is 0 Å². The van der Waals surface area contributed by atoms with Crippen molar-refractivity contribution in [2.24, 2.45) is 0 Å². The lowest BCUT2D eigenvalue weighted by atomic mass is 10.1. The van der Waals surface area contributed by atoms with E-state index in [2.05, 4.69) is 20.7 Å². The van der Waals surface area contributed by atoms with E-state index in [0.29, 0.717) is 12.8 Å². The maximum Gasteiger partial charge on any atom is 0.303 e. The van der Waals surface area contributed by atoms with Crippen LogP contribution in [0, 0.1) is 0 Å². The van der Waals surface area contributed by atoms with E-state index in [0.717, 1.165) is 0 Å². The van der Waals surface area contributed by atoms with Crippen molar-refractivity contribution >= 4 is 11.9 Å². The number of carbonyl (C=O) groups excluding carboxylic acids is 1. The molecular formula is C9H14N4O3. The highest BCUT2D eigenvalue weighted by molar-refractivity contribution is 5.92. The summed E-state index contributed by atoms with van der Waals surface area (Å²) in [5.74, 6) is -1.18. The first-order chi connectivity index (χ1) is 7.63. The van der Waals surface area contributed by atoms with Crippen LogP contribution < -0.4 is 5.32 Å². The number of carbonyl (C=O) groups is 2. The van der Waals surface area contributed by atoms with Crippen LogP contribution in [-0.2, 0) is 4.79 Å². The minimum atomic E-state index is -0.865. The van der Waals surface area contributed by atoms with Crippen molar-refractivity contribution in [3.05, 3.63) is 11.9 Å². The Labute approximate surface area is 92.2 Å². The van der Waals surface area contributed by atoms with Gasteiger partial charge in [-0.15, -0.1) is 5.10 Å². The summed E-state index contributed by atoms with van der Waals surface area (Å²) in [5, 5.41) is 20.6. The zero-order chi connectivity index (χ0) is 12.0. The molecule has 0 fully saturated rings. The van der Waals surface area contributed by atoms with Gasteiger partial charge < -0.3 is 10.4 Å². The molecule has 0 radical (unpaired) electrons. The number of nitrogens with one attached hydrogen (secondary N) is 2. The summed E-state index contributed by atoms with van der Waals surface area (Å²) < 4.78 is 0. The van der Waals surface area contributed by atoms with Gasteiger partial charge in [0.1, 0.15) is 5.69 Å². The Morgan fingerprint density at radius 3 is 2.88 bits per heavy atom. The van der Waals surface area contributed by atoms with E-state index in [-0.39, 0.29) is 24.1 Å². The van der Waals surface area contributed by atoms with Crippen molar-refractivity contribution in [3.63, 3.8) is 0 Å². The number of carboxylic acid groups (broad SMARTS) is 1. The maximum absolute atomic E-state index is 11.5. The van der Waals surface area contributed by atoms with Crippen LogP contribution in [0.3, 0.4) is 0 Å². The minimum absolute atomic E-state index is 0.0417. The number of aromatic amines is 1. The Hall–Kier alpha value is -1.92. The third-order valence-corrected chi connectivity index (χ3v) is 2.19. The SMILES string of the molecule is CCC(CCC(=O)O)NC(=O)c1cnn[nH]1. The molecule has 1 aromatic heterocycles. The summed E-state index contributed by atoms with van der Waals surface area (Å²) in [5.41, 5.74) is 0.272. The van der Waals surface area contributed by atoms with Crippen molar-refractivity contribution in [1.82, 2.24) is 20.7 Å². The van der Waals surface area contributed by atoms with Gasteiger partial charge in [-0.25, -0.2) is 0 Å². The predicted molar refractivity (Wildman–Crippen MR) is 54.8 cm³/mol. The van der Waals surface area contributed by atoms with E-state index in [1.54, 1.807) is 0 Å². The molecule has 3 N–H and O–H groups in total. The molecule has 88 valence electrons. The Kier molecular flexibility index (Phi) is 4.43. The van der Waals surface area contributed by atoms with Crippen LogP contribution in [0.25, 0.3) is 0 Å². The second-order valence-electron chi connectivity index (χ2n) is 3.38. The molecule has 1 heterocycles. The fraction of sp³-hybridized carbons (Fsp3) is 0.556. The standard InChI is InChI=1S/C9H14N4O3/c1-2-6(3-4-8(14)15)11-9(16)7-5-10-13-12-7/h5-6H,2-4H2,1H3,(H,11,16)(H,14,15)(H,10,12,13). The van der Waals surface area contributed by atoms with Gasteiger partial charge in [-0.2, -0.15) is 0 Å². The molecule has 7 nitrogen and oxygen atoms in total. The Morgan fingerprint density at radius 1 is 1.62 bits per heavy atom. The Balaban J connectivity index is 2.44. The second-order valence-corrected chi connectivity index (χ2v) is 3.38. The average Bonchev–Trinajstić information content (AvgIpc) is 2.76. The summed E-state index contributed by atoms with van der Waals surface area (Å²) in [6.07, 6.45) is 2.46. The Morgan fingerprint density at radius 2 is 2.38 bits per heavy atom. The van der Waals surface area contributed by atoms with Crippen LogP contribution in [0.4, 0.5) is 0 Å². The van der Waals surface area contributed by atoms with Crippen molar-refractivity contribution in [1.29, 1.82) is 0 Å². The fourth-order valence-electron chi connectivity index (χ4n) is 1.25. The summed E-state index contributed by atoms with van der Waals surface area (Å²) in [6, 6.07) is -0.146. The average molecular weight is 226 g/mol. The molecule has 0 aliphatic heterocycles. The van der Waals surface area contributed by atoms with E-state index in [1.165, 1.54) is 6.20 Å². The highest BCUT2D eigenvalue weighted by atomic mass is 16.4. The molecule has 0 aliphatic rings. The van der Waals surface area contributed by atoms with Gasteiger partial charge in [0.25, 0.3) is 5.91 Å². The maximum atomic E-state index is 11.5. The van der Waals surface area contributed by atoms with Gasteiger partial charge in [0.15, 0.2) is 0 Å². The summed E-state index contributed by atoms with van der Waals surface area (Å²) >= 11 is 0. The van der Waals surface area contributed by atoms with E-state index < -0.39 is 5.97 Å². The molecule has 1 atom stereocenters. The van der Waals surface area contributed by atoms with Gasteiger partial charge in [0.05, 0.1) is 6.20 Å². The van der Waals surface area contributed by atoms with Gasteiger partial charge in [0.2, 0.25) is 0 Å². The molecular weight excluding hydrogens is 212 g/mol. The Bertz CT molecular complexity index is 350. The predicted octanol–water partition coefficient (Wildman–Crippen LogP) is 0.178. The zero-order valence-corrected chi connectivity index (χ0v) is 8.93. The van der Waals surface area contributed by atoms with Gasteiger partial charge in [-0.1, -0.05) is 12.1 Å². The molecule has 0 spiro atoms. The van der Waals surface area contributed by atoms with Gasteiger partial charge >= 0.3 is 5.97 Å². The normalized spacial score (nSPS) is 12.1. The number of carboxylic acids is 1. The first-order valence-electron chi connectivity index (χ1n) is 5.02. The van der Waals surface area contributed by atoms with Crippen molar-refractivity contribution in [2.45, 2.75) is 32.2 Å². The molecule has 0 aromatic carbocycles. The van der Waals surface area contributed by atoms with Crippen LogP contribution in [0.2, 0.25) is 0 Å². The number of hydrogen-bond donors (Lipinski definition) is 3. The first kappa shape index (κ1) is 12.2. The smallest absolute Gasteiger partial charge is 0.303 e. The van der Waals surface area contributed by atoms with Crippen LogP contribution >= 0.6 is 0 Å². The molecule has 7 heteroatoms. The van der Waals surface area contributed by atoms with E-state index in [4.69, 9.17) is 5.11 Å². The number of rotatable bonds is 6. The molecule has 1 amide bonds. The number of H-pyrrole nitrogens is 1. The summed E-state index contributed by atoms with van der Waals surface area (Å²) in [7, 11) is 0. The number of hydrogen-bond acceptors (Lipinski definition) is 4. The quantitative estimate of drug-likeness (QED) is 0.641. The van der Waals surface area contributed by atoms with Crippen LogP contribution in [-0.4, -0.2) is 38.4 Å². The van der Waals surface area contributed by atoms with E-state index >= 15 is 0 Å². The molecule has 1 aromatic rings. The van der Waals surface area contributed by atoms with Gasteiger partial charge in [0, 0.05) is 12.5 Å². The lowest BCUT2D eigenvalue weighted by molar-refractivity contribution is -0.137. The van der Waals surface area contributed by atoms with Crippen LogP contribution in [0.15, 0.2) is 6.20 Å². The number of nitrogens with zero attached hydrogens (tertiary/aromatic N) is 2. The van der Waals surface area contributed by atoms with Crippen LogP contribution in [0.5, 0.6) is 0 Å². The number of amides is 1. The molecule has 1 unspecified atom stereocenters. The van der Waals surface area contributed by atoms with E-state index in [9.17, 15) is 9.59 Å². The highest BCUT2D eigenvalue weighted by Gasteiger charge is 2.14. The molecule has 0 saturated heterocycles. The second kappa shape index (κ2) is 5.84. The monoisotopic (exact) mass is 226 g/mol. The largest absolute Gasteiger partial charge is 0.481 e. The molecule has 0 aliphatic carbocycles. The molecule has 0 bridgehead atoms. The minimum Gasteiger partial charge on any atom is -0.481 e. The lowest BCUT2D eigenvalue weighted by Gasteiger charge is -2.14. The zero-order valence-electron chi connectivity index (χ0n) is 8.93. The summed E-state index contributed by atoms with van der Waals surface area (Å²) in [4.78, 5) is 21.9. The third kappa shape index (κ3) is 3.68. The topological polar surface area (TPSA) is 108 Å². The molecule has 1 rings (SSSR count). The number of aromatic nitrogens is 3. The first-order valence-corrected chi connectivity index (χ1v) is 5.02. The van der Waals surface area contributed by atoms with Crippen molar-refractivity contribution in [2.75, 3.05) is 0 Å². The lowest BCUT2D eigenvalue weighted by Crippen LogP contribution is -2.35. The van der Waals surface area contributed by atoms with Crippen molar-refractivity contribution < 1.29 is 14.7 Å².